The van der Waals surface area contributed by atoms with Gasteiger partial charge in [0.25, 0.3) is 5.91 Å². The molecule has 3 rings (SSSR count). The van der Waals surface area contributed by atoms with Gasteiger partial charge in [-0.2, -0.15) is 0 Å². The average Bonchev–Trinajstić information content (AvgIpc) is 2.84. The minimum atomic E-state index is -0.709. The molecule has 3 heterocycles. The number of pyridine rings is 2. The summed E-state index contributed by atoms with van der Waals surface area (Å²) >= 11 is 0. The van der Waals surface area contributed by atoms with Crippen LogP contribution in [0.4, 0.5) is 0 Å². The highest BCUT2D eigenvalue weighted by molar-refractivity contribution is 6.03. The van der Waals surface area contributed by atoms with E-state index in [0.29, 0.717) is 5.52 Å². The van der Waals surface area contributed by atoms with E-state index in [9.17, 15) is 9.59 Å². The van der Waals surface area contributed by atoms with Gasteiger partial charge in [0.05, 0.1) is 23.1 Å². The maximum Gasteiger partial charge on any atom is 0.268 e. The molecule has 1 fully saturated rings. The van der Waals surface area contributed by atoms with Crippen molar-refractivity contribution in [2.45, 2.75) is 32.0 Å². The van der Waals surface area contributed by atoms with Crippen LogP contribution < -0.4 is 11.2 Å². The minimum absolute atomic E-state index is 0.00370. The first-order valence-electron chi connectivity index (χ1n) is 6.53. The Kier molecular flexibility index (Phi) is 3.02. The number of nitrogens with one attached hydrogen (secondary N) is 1. The number of aromatic nitrogens is 2. The number of primary amides is 1. The standard InChI is InChI=1S/C14H15N3O3/c1-7-2-3-11(20-7)9-6-10(18)12-8(17-9)4-5-16-13(12)14(15)19/h4-7,11H,2-3H2,1H3,(H2,15,19)(H,17,18). The van der Waals surface area contributed by atoms with Gasteiger partial charge in [-0.25, -0.2) is 0 Å². The van der Waals surface area contributed by atoms with Crippen molar-refractivity contribution in [3.05, 3.63) is 39.9 Å². The van der Waals surface area contributed by atoms with Crippen LogP contribution >= 0.6 is 0 Å². The number of carbonyl (C=O) groups is 1. The lowest BCUT2D eigenvalue weighted by Gasteiger charge is -2.12. The summed E-state index contributed by atoms with van der Waals surface area (Å²) in [4.78, 5) is 30.6. The van der Waals surface area contributed by atoms with Gasteiger partial charge < -0.3 is 15.5 Å². The highest BCUT2D eigenvalue weighted by Crippen LogP contribution is 2.31. The van der Waals surface area contributed by atoms with Gasteiger partial charge in [0.1, 0.15) is 5.69 Å². The first-order chi connectivity index (χ1) is 9.56. The van der Waals surface area contributed by atoms with Gasteiger partial charge in [-0.15, -0.1) is 0 Å². The zero-order valence-corrected chi connectivity index (χ0v) is 11.1. The van der Waals surface area contributed by atoms with Crippen LogP contribution in [0.25, 0.3) is 10.9 Å². The average molecular weight is 273 g/mol. The number of fused-ring (bicyclic) bond motifs is 1. The fourth-order valence-corrected chi connectivity index (χ4v) is 2.61. The second kappa shape index (κ2) is 4.72. The van der Waals surface area contributed by atoms with Gasteiger partial charge >= 0.3 is 0 Å². The molecular formula is C14H15N3O3. The number of ether oxygens (including phenoxy) is 1. The molecule has 1 aliphatic rings. The first-order valence-corrected chi connectivity index (χ1v) is 6.53. The number of aromatic amines is 1. The van der Waals surface area contributed by atoms with Crippen molar-refractivity contribution in [2.24, 2.45) is 5.73 Å². The predicted octanol–water partition coefficient (Wildman–Crippen LogP) is 1.26. The van der Waals surface area contributed by atoms with E-state index in [2.05, 4.69) is 9.97 Å². The molecule has 1 aliphatic heterocycles. The molecule has 0 bridgehead atoms. The molecule has 2 aromatic heterocycles. The third kappa shape index (κ3) is 2.08. The summed E-state index contributed by atoms with van der Waals surface area (Å²) in [5, 5.41) is 0.231. The Bertz CT molecular complexity index is 738. The van der Waals surface area contributed by atoms with Crippen LogP contribution in [0.2, 0.25) is 0 Å². The van der Waals surface area contributed by atoms with Crippen molar-refractivity contribution in [2.75, 3.05) is 0 Å². The number of rotatable bonds is 2. The number of H-pyrrole nitrogens is 1. The van der Waals surface area contributed by atoms with Crippen LogP contribution in [0.5, 0.6) is 0 Å². The number of carbonyl (C=O) groups excluding carboxylic acids is 1. The van der Waals surface area contributed by atoms with Gasteiger partial charge in [-0.3, -0.25) is 14.6 Å². The Morgan fingerprint density at radius 3 is 2.95 bits per heavy atom. The summed E-state index contributed by atoms with van der Waals surface area (Å²) in [5.41, 5.74) is 6.26. The zero-order valence-electron chi connectivity index (χ0n) is 11.1. The maximum atomic E-state index is 12.2. The molecule has 6 heteroatoms. The molecule has 1 amide bonds. The number of amides is 1. The molecular weight excluding hydrogens is 258 g/mol. The van der Waals surface area contributed by atoms with E-state index >= 15 is 0 Å². The van der Waals surface area contributed by atoms with E-state index in [1.807, 2.05) is 6.92 Å². The lowest BCUT2D eigenvalue weighted by molar-refractivity contribution is 0.0532. The Hall–Kier alpha value is -2.21. The highest BCUT2D eigenvalue weighted by atomic mass is 16.5. The summed E-state index contributed by atoms with van der Waals surface area (Å²) in [5.74, 6) is -0.709. The molecule has 2 aromatic rings. The maximum absolute atomic E-state index is 12.2. The molecule has 20 heavy (non-hydrogen) atoms. The number of nitrogens with two attached hydrogens (primary N) is 1. The quantitative estimate of drug-likeness (QED) is 0.860. The van der Waals surface area contributed by atoms with E-state index in [-0.39, 0.29) is 28.7 Å². The van der Waals surface area contributed by atoms with E-state index in [1.165, 1.54) is 12.3 Å². The molecule has 3 N–H and O–H groups in total. The van der Waals surface area contributed by atoms with E-state index in [1.54, 1.807) is 6.07 Å². The highest BCUT2D eigenvalue weighted by Gasteiger charge is 2.25. The van der Waals surface area contributed by atoms with Crippen LogP contribution in [0.3, 0.4) is 0 Å². The van der Waals surface area contributed by atoms with Crippen molar-refractivity contribution < 1.29 is 9.53 Å². The summed E-state index contributed by atoms with van der Waals surface area (Å²) < 4.78 is 5.75. The topological polar surface area (TPSA) is 98.1 Å². The van der Waals surface area contributed by atoms with Gasteiger partial charge in [0.2, 0.25) is 0 Å². The molecule has 6 nitrogen and oxygen atoms in total. The van der Waals surface area contributed by atoms with Crippen LogP contribution in [-0.4, -0.2) is 22.0 Å². The van der Waals surface area contributed by atoms with E-state index < -0.39 is 5.91 Å². The molecule has 0 radical (unpaired) electrons. The molecule has 104 valence electrons. The Morgan fingerprint density at radius 2 is 2.30 bits per heavy atom. The smallest absolute Gasteiger partial charge is 0.268 e. The number of hydrogen-bond donors (Lipinski definition) is 2. The summed E-state index contributed by atoms with van der Waals surface area (Å²) in [6.45, 7) is 2.01. The Balaban J connectivity index is 2.16. The molecule has 0 aliphatic carbocycles. The van der Waals surface area contributed by atoms with E-state index in [4.69, 9.17) is 10.5 Å². The molecule has 2 unspecified atom stereocenters. The predicted molar refractivity (Wildman–Crippen MR) is 73.4 cm³/mol. The van der Waals surface area contributed by atoms with E-state index in [0.717, 1.165) is 18.5 Å². The fourth-order valence-electron chi connectivity index (χ4n) is 2.61. The lowest BCUT2D eigenvalue weighted by atomic mass is 10.1. The van der Waals surface area contributed by atoms with Crippen LogP contribution in [0, 0.1) is 0 Å². The monoisotopic (exact) mass is 273 g/mol. The normalized spacial score (nSPS) is 22.2. The van der Waals surface area contributed by atoms with Crippen molar-refractivity contribution in [3.8, 4) is 0 Å². The van der Waals surface area contributed by atoms with Crippen molar-refractivity contribution in [1.82, 2.24) is 9.97 Å². The fraction of sp³-hybridized carbons (Fsp3) is 0.357. The van der Waals surface area contributed by atoms with Gasteiger partial charge in [0.15, 0.2) is 5.43 Å². The van der Waals surface area contributed by atoms with Crippen molar-refractivity contribution >= 4 is 16.8 Å². The molecule has 0 spiro atoms. The molecule has 2 atom stereocenters. The van der Waals surface area contributed by atoms with Gasteiger partial charge in [-0.05, 0) is 25.8 Å². The first kappa shape index (κ1) is 12.8. The lowest BCUT2D eigenvalue weighted by Crippen LogP contribution is -2.18. The number of nitrogens with zero attached hydrogens (tertiary/aromatic N) is 1. The van der Waals surface area contributed by atoms with Crippen LogP contribution in [0.15, 0.2) is 23.1 Å². The minimum Gasteiger partial charge on any atom is -0.369 e. The zero-order chi connectivity index (χ0) is 14.3. The van der Waals surface area contributed by atoms with Crippen molar-refractivity contribution in [1.29, 1.82) is 0 Å². The third-order valence-electron chi connectivity index (χ3n) is 3.58. The molecule has 0 aromatic carbocycles. The van der Waals surface area contributed by atoms with Crippen LogP contribution in [0.1, 0.15) is 42.1 Å². The molecule has 1 saturated heterocycles. The van der Waals surface area contributed by atoms with Gasteiger partial charge in [0, 0.05) is 18.0 Å². The second-order valence-corrected chi connectivity index (χ2v) is 5.05. The summed E-state index contributed by atoms with van der Waals surface area (Å²) in [6.07, 6.45) is 3.38. The van der Waals surface area contributed by atoms with Crippen molar-refractivity contribution in [3.63, 3.8) is 0 Å². The summed E-state index contributed by atoms with van der Waals surface area (Å²) in [6, 6.07) is 3.13. The molecule has 0 saturated carbocycles. The second-order valence-electron chi connectivity index (χ2n) is 5.05. The van der Waals surface area contributed by atoms with Gasteiger partial charge in [-0.1, -0.05) is 0 Å². The largest absolute Gasteiger partial charge is 0.369 e. The third-order valence-corrected chi connectivity index (χ3v) is 3.58. The van der Waals surface area contributed by atoms with Crippen LogP contribution in [-0.2, 0) is 4.74 Å². The number of hydrogen-bond acceptors (Lipinski definition) is 4. The Labute approximate surface area is 115 Å². The SMILES string of the molecule is CC1CCC(c2cc(=O)c3c(C(N)=O)nccc3[nH]2)O1. The summed E-state index contributed by atoms with van der Waals surface area (Å²) in [7, 11) is 0. The Morgan fingerprint density at radius 1 is 1.50 bits per heavy atom.